The van der Waals surface area contributed by atoms with Crippen LogP contribution in [-0.2, 0) is 9.84 Å². The number of nitrogens with zero attached hydrogens (tertiary/aromatic N) is 5. The number of fused-ring (bicyclic) bond motifs is 7. The lowest BCUT2D eigenvalue weighted by molar-refractivity contribution is 0.594. The van der Waals surface area contributed by atoms with Crippen molar-refractivity contribution in [1.29, 1.82) is 0 Å². The highest BCUT2D eigenvalue weighted by Gasteiger charge is 2.34. The Kier molecular flexibility index (Phi) is 3.39. The quantitative estimate of drug-likeness (QED) is 0.328. The Balaban J connectivity index is 1.63. The molecule has 166 valence electrons. The largest absolute Gasteiger partial charge is 0.287 e. The number of hydrogen-bond donors (Lipinski definition) is 0. The van der Waals surface area contributed by atoms with Crippen molar-refractivity contribution in [2.24, 2.45) is 0 Å². The van der Waals surface area contributed by atoms with Crippen LogP contribution < -0.4 is 0 Å². The van der Waals surface area contributed by atoms with Crippen molar-refractivity contribution in [3.63, 3.8) is 0 Å². The minimum absolute atomic E-state index is 0.250. The summed E-state index contributed by atoms with van der Waals surface area (Å²) >= 11 is 0. The van der Waals surface area contributed by atoms with Gasteiger partial charge in [0.2, 0.25) is 9.84 Å². The molecule has 0 spiro atoms. The Morgan fingerprint density at radius 3 is 2.20 bits per heavy atom. The molecule has 0 unspecified atom stereocenters. The fraction of sp³-hybridized carbons (Fsp3) is 0. The van der Waals surface area contributed by atoms with Crippen LogP contribution in [0.2, 0.25) is 0 Å². The first-order valence-corrected chi connectivity index (χ1v) is 12.6. The van der Waals surface area contributed by atoms with Gasteiger partial charge in [-0.25, -0.2) is 23.4 Å². The van der Waals surface area contributed by atoms with E-state index in [4.69, 9.17) is 15.0 Å². The maximum atomic E-state index is 13.5. The van der Waals surface area contributed by atoms with Gasteiger partial charge in [-0.2, -0.15) is 0 Å². The Bertz CT molecular complexity index is 2140. The van der Waals surface area contributed by atoms with E-state index in [2.05, 4.69) is 0 Å². The third-order valence-electron chi connectivity index (χ3n) is 6.67. The Morgan fingerprint density at radius 2 is 1.29 bits per heavy atom. The molecular weight excluding hydrogens is 458 g/mol. The third-order valence-corrected chi connectivity index (χ3v) is 8.50. The molecule has 0 saturated heterocycles. The molecule has 8 rings (SSSR count). The van der Waals surface area contributed by atoms with Crippen molar-refractivity contribution in [3.05, 3.63) is 91.0 Å². The van der Waals surface area contributed by atoms with E-state index >= 15 is 0 Å². The van der Waals surface area contributed by atoms with Gasteiger partial charge in [0.05, 0.1) is 43.1 Å². The maximum Gasteiger partial charge on any atom is 0.210 e. The van der Waals surface area contributed by atoms with Gasteiger partial charge in [0.15, 0.2) is 11.6 Å². The number of hydrogen-bond acceptors (Lipinski definition) is 5. The molecule has 0 amide bonds. The highest BCUT2D eigenvalue weighted by Crippen LogP contribution is 2.41. The van der Waals surface area contributed by atoms with E-state index in [0.717, 1.165) is 27.6 Å². The van der Waals surface area contributed by atoms with Gasteiger partial charge in [-0.1, -0.05) is 42.5 Å². The van der Waals surface area contributed by atoms with Crippen LogP contribution in [0, 0.1) is 0 Å². The molecule has 0 radical (unpaired) electrons. The summed E-state index contributed by atoms with van der Waals surface area (Å²) in [5, 5.41) is 0.936. The Hall–Kier alpha value is -4.56. The normalized spacial score (nSPS) is 14.2. The molecular formula is C27H15N5O2S. The van der Waals surface area contributed by atoms with Crippen LogP contribution >= 0.6 is 0 Å². The fourth-order valence-electron chi connectivity index (χ4n) is 5.18. The zero-order chi connectivity index (χ0) is 23.3. The van der Waals surface area contributed by atoms with Gasteiger partial charge in [-0.3, -0.25) is 8.97 Å². The summed E-state index contributed by atoms with van der Waals surface area (Å²) in [6.45, 7) is 0. The maximum absolute atomic E-state index is 13.5. The molecule has 0 bridgehead atoms. The SMILES string of the molecule is O=S1(=O)c2ccccc2-n2c(-c3nc4ccccc4c4nc5ccccc5n34)nc3cccc1c32. The number of sulfone groups is 1. The molecule has 0 aliphatic carbocycles. The molecule has 35 heavy (non-hydrogen) atoms. The number of benzene rings is 4. The van der Waals surface area contributed by atoms with E-state index in [9.17, 15) is 8.42 Å². The molecule has 3 aromatic heterocycles. The smallest absolute Gasteiger partial charge is 0.210 e. The van der Waals surface area contributed by atoms with E-state index in [-0.39, 0.29) is 9.79 Å². The van der Waals surface area contributed by atoms with E-state index in [0.29, 0.717) is 28.4 Å². The van der Waals surface area contributed by atoms with Crippen molar-refractivity contribution >= 4 is 48.5 Å². The average Bonchev–Trinajstić information content (AvgIpc) is 3.47. The minimum atomic E-state index is -3.68. The number of aromatic nitrogens is 5. The predicted octanol–water partition coefficient (Wildman–Crippen LogP) is 5.19. The molecule has 4 heterocycles. The molecule has 0 fully saturated rings. The van der Waals surface area contributed by atoms with Crippen LogP contribution in [0.1, 0.15) is 0 Å². The molecule has 0 N–H and O–H groups in total. The highest BCUT2D eigenvalue weighted by molar-refractivity contribution is 7.92. The standard InChI is InChI=1S/C27H15N5O2S/c33-35(34)22-14-6-5-13-21(22)31-24-19(11-7-15-23(24)35)30-26(31)27-28-17-9-2-1-8-16(17)25-29-18-10-3-4-12-20(18)32(25)27/h1-15H. The molecule has 7 aromatic rings. The Morgan fingerprint density at radius 1 is 0.600 bits per heavy atom. The van der Waals surface area contributed by atoms with E-state index in [1.807, 2.05) is 75.7 Å². The minimum Gasteiger partial charge on any atom is -0.287 e. The van der Waals surface area contributed by atoms with Gasteiger partial charge < -0.3 is 0 Å². The summed E-state index contributed by atoms with van der Waals surface area (Å²) in [4.78, 5) is 15.4. The molecule has 8 heteroatoms. The summed E-state index contributed by atoms with van der Waals surface area (Å²) in [5.74, 6) is 1.16. The second-order valence-electron chi connectivity index (χ2n) is 8.58. The fourth-order valence-corrected chi connectivity index (χ4v) is 6.82. The van der Waals surface area contributed by atoms with E-state index in [1.165, 1.54) is 0 Å². The van der Waals surface area contributed by atoms with Gasteiger partial charge in [0, 0.05) is 5.39 Å². The van der Waals surface area contributed by atoms with Crippen molar-refractivity contribution in [3.8, 4) is 17.3 Å². The second kappa shape index (κ2) is 6.31. The van der Waals surface area contributed by atoms with Crippen LogP contribution in [0.4, 0.5) is 0 Å². The lowest BCUT2D eigenvalue weighted by Crippen LogP contribution is -2.15. The van der Waals surface area contributed by atoms with Crippen LogP contribution in [0.5, 0.6) is 0 Å². The van der Waals surface area contributed by atoms with Gasteiger partial charge in [-0.05, 0) is 48.5 Å². The van der Waals surface area contributed by atoms with Gasteiger partial charge in [0.25, 0.3) is 0 Å². The molecule has 7 nitrogen and oxygen atoms in total. The molecule has 1 aliphatic heterocycles. The first-order chi connectivity index (χ1) is 17.1. The molecule has 4 aromatic carbocycles. The van der Waals surface area contributed by atoms with Gasteiger partial charge >= 0.3 is 0 Å². The summed E-state index contributed by atoms with van der Waals surface area (Å²) in [7, 11) is -3.68. The average molecular weight is 474 g/mol. The summed E-state index contributed by atoms with van der Waals surface area (Å²) in [5.41, 5.74) is 5.07. The van der Waals surface area contributed by atoms with Crippen LogP contribution in [0.25, 0.3) is 56.0 Å². The zero-order valence-corrected chi connectivity index (χ0v) is 18.9. The van der Waals surface area contributed by atoms with Crippen LogP contribution in [0.3, 0.4) is 0 Å². The number of rotatable bonds is 1. The van der Waals surface area contributed by atoms with Crippen molar-refractivity contribution < 1.29 is 8.42 Å². The van der Waals surface area contributed by atoms with Gasteiger partial charge in [-0.15, -0.1) is 0 Å². The van der Waals surface area contributed by atoms with Gasteiger partial charge in [0.1, 0.15) is 5.65 Å². The van der Waals surface area contributed by atoms with Crippen LogP contribution in [-0.4, -0.2) is 32.3 Å². The summed E-state index contributed by atoms with van der Waals surface area (Å²) < 4.78 is 30.9. The van der Waals surface area contributed by atoms with Crippen LogP contribution in [0.15, 0.2) is 101 Å². The van der Waals surface area contributed by atoms with Crippen molar-refractivity contribution in [2.45, 2.75) is 9.79 Å². The van der Waals surface area contributed by atoms with E-state index in [1.54, 1.807) is 24.3 Å². The topological polar surface area (TPSA) is 82.1 Å². The first kappa shape index (κ1) is 18.8. The summed E-state index contributed by atoms with van der Waals surface area (Å²) in [6, 6.07) is 28.1. The number of imidazole rings is 2. The van der Waals surface area contributed by atoms with E-state index < -0.39 is 9.84 Å². The summed E-state index contributed by atoms with van der Waals surface area (Å²) in [6.07, 6.45) is 0. The monoisotopic (exact) mass is 473 g/mol. The highest BCUT2D eigenvalue weighted by atomic mass is 32.2. The third kappa shape index (κ3) is 2.29. The molecule has 1 aliphatic rings. The Labute approximate surface area is 198 Å². The predicted molar refractivity (Wildman–Crippen MR) is 134 cm³/mol. The number of para-hydroxylation sites is 5. The van der Waals surface area contributed by atoms with Crippen molar-refractivity contribution in [1.82, 2.24) is 23.9 Å². The zero-order valence-electron chi connectivity index (χ0n) is 18.1. The first-order valence-electron chi connectivity index (χ1n) is 11.2. The lowest BCUT2D eigenvalue weighted by atomic mass is 10.2. The lowest BCUT2D eigenvalue weighted by Gasteiger charge is -2.20. The molecule has 0 saturated carbocycles. The molecule has 0 atom stereocenters. The second-order valence-corrected chi connectivity index (χ2v) is 10.5. The van der Waals surface area contributed by atoms with Crippen molar-refractivity contribution in [2.75, 3.05) is 0 Å².